The van der Waals surface area contributed by atoms with E-state index in [1.165, 1.54) is 11.8 Å². The normalized spacial score (nSPS) is 17.1. The number of unbranched alkanes of at least 4 members (excludes halogenated alkanes) is 3. The second kappa shape index (κ2) is 19.5. The molecule has 1 fully saturated rings. The van der Waals surface area contributed by atoms with E-state index in [1.54, 1.807) is 4.90 Å². The van der Waals surface area contributed by atoms with Crippen LogP contribution in [0.15, 0.2) is 78.9 Å². The van der Waals surface area contributed by atoms with Gasteiger partial charge >= 0.3 is 8.60 Å². The van der Waals surface area contributed by atoms with Crippen LogP contribution in [-0.4, -0.2) is 69.0 Å². The van der Waals surface area contributed by atoms with Crippen molar-refractivity contribution in [2.75, 3.05) is 30.3 Å². The van der Waals surface area contributed by atoms with Crippen LogP contribution in [0.3, 0.4) is 0 Å². The van der Waals surface area contributed by atoms with Crippen LogP contribution in [0, 0.1) is 0 Å². The Balaban J connectivity index is 1.12. The Bertz CT molecular complexity index is 1740. The zero-order valence-electron chi connectivity index (χ0n) is 29.0. The molecule has 1 saturated heterocycles. The maximum atomic E-state index is 13.8. The number of carbonyl (C=O) groups excluding carboxylic acids is 4. The molecule has 52 heavy (non-hydrogen) atoms. The van der Waals surface area contributed by atoms with Crippen molar-refractivity contribution in [2.45, 2.75) is 63.3 Å². The number of rotatable bonds is 18. The highest BCUT2D eigenvalue weighted by molar-refractivity contribution is 8.00. The first-order chi connectivity index (χ1) is 25.2. The number of hydrogen-bond acceptors (Lipinski definition) is 10. The zero-order valence-corrected chi connectivity index (χ0v) is 30.7. The summed E-state index contributed by atoms with van der Waals surface area (Å²) in [5.41, 5.74) is 12.5. The molecule has 0 radical (unpaired) electrons. The highest BCUT2D eigenvalue weighted by atomic mass is 32.2. The summed E-state index contributed by atoms with van der Waals surface area (Å²) in [4.78, 5) is 72.4. The number of imide groups is 1. The first kappa shape index (κ1) is 39.0. The summed E-state index contributed by atoms with van der Waals surface area (Å²) >= 11 is 1.45. The quantitative estimate of drug-likeness (QED) is 0.0700. The fourth-order valence-corrected chi connectivity index (χ4v) is 7.74. The number of nitrogens with two attached hydrogens (primary N) is 1. The second-order valence-electron chi connectivity index (χ2n) is 12.6. The molecule has 1 atom stereocenters. The molecule has 0 spiro atoms. The minimum Gasteiger partial charge on any atom is -0.396 e. The van der Waals surface area contributed by atoms with Crippen LogP contribution >= 0.6 is 20.4 Å². The van der Waals surface area contributed by atoms with Crippen LogP contribution in [0.25, 0.3) is 11.4 Å². The van der Waals surface area contributed by atoms with Crippen LogP contribution in [0.1, 0.15) is 67.2 Å². The summed E-state index contributed by atoms with van der Waals surface area (Å²) in [5, 5.41) is 5.88. The van der Waals surface area contributed by atoms with Crippen molar-refractivity contribution >= 4 is 61.1 Å². The summed E-state index contributed by atoms with van der Waals surface area (Å²) in [6.45, 7) is 1.28. The minimum atomic E-state index is -2.31. The Morgan fingerprint density at radius 1 is 0.904 bits per heavy atom. The summed E-state index contributed by atoms with van der Waals surface area (Å²) < 4.78 is 4.75. The van der Waals surface area contributed by atoms with E-state index >= 15 is 0 Å². The lowest BCUT2D eigenvalue weighted by Crippen LogP contribution is -2.38. The van der Waals surface area contributed by atoms with Gasteiger partial charge in [-0.1, -0.05) is 85.6 Å². The van der Waals surface area contributed by atoms with Crippen molar-refractivity contribution in [3.8, 4) is 0 Å². The maximum absolute atomic E-state index is 13.8. The molecule has 0 aromatic heterocycles. The molecular formula is C38H46N5O7PS. The predicted molar refractivity (Wildman–Crippen MR) is 204 cm³/mol. The van der Waals surface area contributed by atoms with E-state index in [0.717, 1.165) is 64.3 Å². The summed E-state index contributed by atoms with van der Waals surface area (Å²) in [6.07, 6.45) is 3.48. The largest absolute Gasteiger partial charge is 0.396 e. The Kier molecular flexibility index (Phi) is 14.6. The standard InChI is InChI=1S/C38H46N5O7PS/c39-36-30-16-8-9-17-31(30)43(26-28-14-6-7-15-29(28)37(36)41-25-27-12-4-3-5-13-27)34(45)18-20-40-33(44)19-21-42-35(46)24-32(38(42)47)52-23-11-2-1-10-22-50-51(48)49/h3-9,12-17,32,41,48-49H,1-2,10-11,18-26,39H2,(H,40,44)/b37-36-. The molecule has 0 aliphatic carbocycles. The molecule has 0 saturated carbocycles. The molecule has 6 N–H and O–H groups in total. The molecule has 2 heterocycles. The van der Waals surface area contributed by atoms with Gasteiger partial charge < -0.3 is 35.6 Å². The van der Waals surface area contributed by atoms with Gasteiger partial charge in [0, 0.05) is 50.0 Å². The Labute approximate surface area is 309 Å². The smallest absolute Gasteiger partial charge is 0.327 e. The van der Waals surface area contributed by atoms with Crippen molar-refractivity contribution in [3.63, 3.8) is 0 Å². The minimum absolute atomic E-state index is 0.00466. The van der Waals surface area contributed by atoms with Gasteiger partial charge in [-0.05, 0) is 35.8 Å². The number of amides is 4. The first-order valence-corrected chi connectivity index (χ1v) is 19.7. The number of benzene rings is 3. The van der Waals surface area contributed by atoms with Crippen LogP contribution in [-0.2, 0) is 36.8 Å². The number of carbonyl (C=O) groups is 4. The number of nitrogens with one attached hydrogen (secondary N) is 2. The second-order valence-corrected chi connectivity index (χ2v) is 14.7. The molecule has 14 heteroatoms. The van der Waals surface area contributed by atoms with E-state index in [-0.39, 0.29) is 56.0 Å². The lowest BCUT2D eigenvalue weighted by Gasteiger charge is -2.30. The number of likely N-dealkylation sites (tertiary alicyclic amines) is 1. The molecule has 2 aliphatic rings. The SMILES string of the molecule is N/C1=C(\NCc2ccccc2)c2ccccc2CN(C(=O)CCNC(=O)CCN2C(=O)CC(SCCCCCCOP(O)O)C2=O)c2ccccc21. The maximum Gasteiger partial charge on any atom is 0.327 e. The van der Waals surface area contributed by atoms with E-state index in [4.69, 9.17) is 20.0 Å². The van der Waals surface area contributed by atoms with Gasteiger partial charge in [-0.25, -0.2) is 0 Å². The Hall–Kier alpha value is -4.26. The number of fused-ring (bicyclic) bond motifs is 2. The third kappa shape index (κ3) is 10.6. The molecule has 3 aromatic carbocycles. The van der Waals surface area contributed by atoms with Gasteiger partial charge in [-0.2, -0.15) is 0 Å². The molecule has 5 rings (SSSR count). The number of nitrogens with zero attached hydrogens (tertiary/aromatic N) is 2. The van der Waals surface area contributed by atoms with Crippen molar-refractivity contribution in [1.29, 1.82) is 0 Å². The lowest BCUT2D eigenvalue weighted by molar-refractivity contribution is -0.138. The summed E-state index contributed by atoms with van der Waals surface area (Å²) in [6, 6.07) is 25.5. The highest BCUT2D eigenvalue weighted by Crippen LogP contribution is 2.35. The molecule has 12 nitrogen and oxygen atoms in total. The zero-order chi connectivity index (χ0) is 36.9. The van der Waals surface area contributed by atoms with Crippen LogP contribution < -0.4 is 21.3 Å². The fourth-order valence-electron chi connectivity index (χ4n) is 6.27. The van der Waals surface area contributed by atoms with Crippen LogP contribution in [0.5, 0.6) is 0 Å². The Morgan fingerprint density at radius 2 is 1.62 bits per heavy atom. The fraction of sp³-hybridized carbons (Fsp3) is 0.368. The van der Waals surface area contributed by atoms with Gasteiger partial charge in [0.25, 0.3) is 0 Å². The highest BCUT2D eigenvalue weighted by Gasteiger charge is 2.38. The van der Waals surface area contributed by atoms with E-state index in [1.807, 2.05) is 78.9 Å². The number of anilines is 1. The summed E-state index contributed by atoms with van der Waals surface area (Å²) in [7, 11) is -2.31. The third-order valence-electron chi connectivity index (χ3n) is 8.97. The molecular weight excluding hydrogens is 701 g/mol. The van der Waals surface area contributed by atoms with E-state index in [2.05, 4.69) is 10.6 Å². The Morgan fingerprint density at radius 3 is 2.40 bits per heavy atom. The van der Waals surface area contributed by atoms with Crippen molar-refractivity contribution < 1.29 is 33.5 Å². The van der Waals surface area contributed by atoms with Gasteiger partial charge in [-0.3, -0.25) is 24.1 Å². The third-order valence-corrected chi connectivity index (χ3v) is 10.7. The molecule has 276 valence electrons. The van der Waals surface area contributed by atoms with Crippen molar-refractivity contribution in [1.82, 2.24) is 15.5 Å². The number of hydrogen-bond donors (Lipinski definition) is 5. The first-order valence-electron chi connectivity index (χ1n) is 17.5. The van der Waals surface area contributed by atoms with Crippen LogP contribution in [0.2, 0.25) is 0 Å². The van der Waals surface area contributed by atoms with E-state index in [0.29, 0.717) is 31.1 Å². The number of para-hydroxylation sites is 1. The van der Waals surface area contributed by atoms with E-state index < -0.39 is 13.9 Å². The predicted octanol–water partition coefficient (Wildman–Crippen LogP) is 4.65. The summed E-state index contributed by atoms with van der Waals surface area (Å²) in [5.74, 6) is -0.354. The van der Waals surface area contributed by atoms with Crippen LogP contribution in [0.4, 0.5) is 5.69 Å². The van der Waals surface area contributed by atoms with Gasteiger partial charge in [0.15, 0.2) is 0 Å². The lowest BCUT2D eigenvalue weighted by atomic mass is 9.95. The molecule has 3 aromatic rings. The van der Waals surface area contributed by atoms with Gasteiger partial charge in [0.1, 0.15) is 0 Å². The monoisotopic (exact) mass is 747 g/mol. The average molecular weight is 748 g/mol. The van der Waals surface area contributed by atoms with E-state index in [9.17, 15) is 19.2 Å². The topological polar surface area (TPSA) is 175 Å². The molecule has 0 bridgehead atoms. The molecule has 2 aliphatic heterocycles. The molecule has 4 amide bonds. The van der Waals surface area contributed by atoms with Crippen molar-refractivity contribution in [2.24, 2.45) is 5.73 Å². The van der Waals surface area contributed by atoms with Gasteiger partial charge in [0.05, 0.1) is 35.5 Å². The number of thioether (sulfide) groups is 1. The van der Waals surface area contributed by atoms with Gasteiger partial charge in [-0.15, -0.1) is 11.8 Å². The molecule has 1 unspecified atom stereocenters. The van der Waals surface area contributed by atoms with Crippen molar-refractivity contribution in [3.05, 3.63) is 101 Å². The van der Waals surface area contributed by atoms with Gasteiger partial charge in [0.2, 0.25) is 23.6 Å². The average Bonchev–Trinajstić information content (AvgIpc) is 3.41.